The van der Waals surface area contributed by atoms with Crippen LogP contribution in [0.2, 0.25) is 0 Å². The molecule has 2 rings (SSSR count). The average molecular weight is 309 g/mol. The van der Waals surface area contributed by atoms with Crippen LogP contribution in [0.5, 0.6) is 0 Å². The number of benzene rings is 1. The molecule has 1 heterocycles. The summed E-state index contributed by atoms with van der Waals surface area (Å²) in [6.07, 6.45) is 2.28. The summed E-state index contributed by atoms with van der Waals surface area (Å²) in [4.78, 5) is 3.66. The molecule has 0 radical (unpaired) electrons. The molecular weight excluding hydrogens is 293 g/mol. The van der Waals surface area contributed by atoms with Crippen molar-refractivity contribution in [1.82, 2.24) is 10.3 Å². The van der Waals surface area contributed by atoms with Gasteiger partial charge in [-0.25, -0.2) is 12.8 Å². The van der Waals surface area contributed by atoms with Crippen molar-refractivity contribution in [2.45, 2.75) is 17.9 Å². The van der Waals surface area contributed by atoms with Crippen LogP contribution in [0.4, 0.5) is 10.1 Å². The largest absolute Gasteiger partial charge is 0.313 e. The molecule has 1 unspecified atom stereocenters. The third kappa shape index (κ3) is 3.56. The molecule has 0 amide bonds. The van der Waals surface area contributed by atoms with Gasteiger partial charge in [0.15, 0.2) is 5.82 Å². The fraction of sp³-hybridized carbons (Fsp3) is 0.214. The Morgan fingerprint density at radius 1 is 1.29 bits per heavy atom. The van der Waals surface area contributed by atoms with E-state index in [4.69, 9.17) is 0 Å². The lowest BCUT2D eigenvalue weighted by Crippen LogP contribution is -2.16. The molecule has 2 N–H and O–H groups in total. The Balaban J connectivity index is 2.34. The molecule has 1 atom stereocenters. The molecule has 2 aromatic rings. The van der Waals surface area contributed by atoms with Crippen molar-refractivity contribution in [3.8, 4) is 0 Å². The van der Waals surface area contributed by atoms with E-state index in [1.807, 2.05) is 13.0 Å². The van der Waals surface area contributed by atoms with E-state index in [0.717, 1.165) is 11.8 Å². The highest BCUT2D eigenvalue weighted by Gasteiger charge is 2.17. The van der Waals surface area contributed by atoms with Crippen LogP contribution in [-0.2, 0) is 10.0 Å². The number of pyridine rings is 1. The summed E-state index contributed by atoms with van der Waals surface area (Å²) in [6, 6.07) is 7.79. The van der Waals surface area contributed by atoms with Gasteiger partial charge >= 0.3 is 0 Å². The Kier molecular flexibility index (Phi) is 4.54. The molecule has 0 aliphatic carbocycles. The molecule has 1 aromatic carbocycles. The van der Waals surface area contributed by atoms with Crippen molar-refractivity contribution < 1.29 is 12.8 Å². The van der Waals surface area contributed by atoms with Gasteiger partial charge in [0, 0.05) is 12.2 Å². The van der Waals surface area contributed by atoms with Gasteiger partial charge < -0.3 is 5.32 Å². The zero-order chi connectivity index (χ0) is 15.5. The summed E-state index contributed by atoms with van der Waals surface area (Å²) >= 11 is 0. The van der Waals surface area contributed by atoms with E-state index in [-0.39, 0.29) is 16.6 Å². The number of hydrogen-bond acceptors (Lipinski definition) is 4. The lowest BCUT2D eigenvalue weighted by atomic mass is 10.1. The molecule has 112 valence electrons. The van der Waals surface area contributed by atoms with Crippen molar-refractivity contribution in [3.63, 3.8) is 0 Å². The Labute approximate surface area is 123 Å². The fourth-order valence-electron chi connectivity index (χ4n) is 1.78. The minimum Gasteiger partial charge on any atom is -0.313 e. The predicted molar refractivity (Wildman–Crippen MR) is 78.9 cm³/mol. The first-order valence-electron chi connectivity index (χ1n) is 6.33. The number of hydrogen-bond donors (Lipinski definition) is 2. The molecule has 0 saturated heterocycles. The highest BCUT2D eigenvalue weighted by Crippen LogP contribution is 2.21. The van der Waals surface area contributed by atoms with E-state index < -0.39 is 15.8 Å². The van der Waals surface area contributed by atoms with Gasteiger partial charge in [0.05, 0.1) is 16.8 Å². The lowest BCUT2D eigenvalue weighted by Gasteiger charge is -2.13. The summed E-state index contributed by atoms with van der Waals surface area (Å²) in [5, 5.41) is 3.04. The molecule has 0 aliphatic rings. The first-order valence-corrected chi connectivity index (χ1v) is 7.82. The van der Waals surface area contributed by atoms with Crippen LogP contribution in [0.25, 0.3) is 0 Å². The Morgan fingerprint density at radius 2 is 2.05 bits per heavy atom. The quantitative estimate of drug-likeness (QED) is 0.889. The first-order chi connectivity index (χ1) is 9.94. The van der Waals surface area contributed by atoms with Crippen LogP contribution in [0.1, 0.15) is 18.5 Å². The van der Waals surface area contributed by atoms with E-state index >= 15 is 0 Å². The van der Waals surface area contributed by atoms with Crippen LogP contribution in [-0.4, -0.2) is 20.4 Å². The maximum absolute atomic E-state index is 13.5. The van der Waals surface area contributed by atoms with Crippen LogP contribution in [0, 0.1) is 5.82 Å². The molecule has 0 saturated carbocycles. The normalized spacial score (nSPS) is 12.9. The number of halogens is 1. The van der Waals surface area contributed by atoms with Gasteiger partial charge in [-0.1, -0.05) is 12.1 Å². The number of nitrogens with one attached hydrogen (secondary N) is 2. The van der Waals surface area contributed by atoms with Gasteiger partial charge in [0.1, 0.15) is 0 Å². The minimum absolute atomic E-state index is 0.0119. The Bertz CT molecular complexity index is 735. The molecule has 1 aromatic heterocycles. The standard InChI is InChI=1S/C14H16FN3O2S/c1-10(16-2)11-4-3-5-12(8-11)21(19,20)18-14-6-7-17-9-13(14)15/h3-10,16H,1-2H3,(H,17,18). The SMILES string of the molecule is CNC(C)c1cccc(S(=O)(=O)Nc2ccncc2F)c1. The topological polar surface area (TPSA) is 71.1 Å². The van der Waals surface area contributed by atoms with E-state index in [2.05, 4.69) is 15.0 Å². The predicted octanol–water partition coefficient (Wildman–Crippen LogP) is 2.30. The highest BCUT2D eigenvalue weighted by molar-refractivity contribution is 7.92. The van der Waals surface area contributed by atoms with Gasteiger partial charge in [-0.3, -0.25) is 9.71 Å². The van der Waals surface area contributed by atoms with Crippen LogP contribution in [0.3, 0.4) is 0 Å². The molecule has 0 bridgehead atoms. The molecule has 0 aliphatic heterocycles. The summed E-state index contributed by atoms with van der Waals surface area (Å²) in [5.74, 6) is -0.721. The smallest absolute Gasteiger partial charge is 0.261 e. The first kappa shape index (κ1) is 15.4. The van der Waals surface area contributed by atoms with Gasteiger partial charge in [-0.15, -0.1) is 0 Å². The van der Waals surface area contributed by atoms with Crippen LogP contribution >= 0.6 is 0 Å². The zero-order valence-electron chi connectivity index (χ0n) is 11.7. The number of nitrogens with zero attached hydrogens (tertiary/aromatic N) is 1. The van der Waals surface area contributed by atoms with E-state index in [0.29, 0.717) is 0 Å². The monoisotopic (exact) mass is 309 g/mol. The Morgan fingerprint density at radius 3 is 2.71 bits per heavy atom. The number of aromatic nitrogens is 1. The zero-order valence-corrected chi connectivity index (χ0v) is 12.5. The van der Waals surface area contributed by atoms with E-state index in [9.17, 15) is 12.8 Å². The van der Waals surface area contributed by atoms with Gasteiger partial charge in [0.2, 0.25) is 0 Å². The lowest BCUT2D eigenvalue weighted by molar-refractivity contribution is 0.597. The summed E-state index contributed by atoms with van der Waals surface area (Å²) in [7, 11) is -2.06. The molecule has 0 spiro atoms. The maximum atomic E-state index is 13.5. The fourth-order valence-corrected chi connectivity index (χ4v) is 2.90. The number of rotatable bonds is 5. The third-order valence-corrected chi connectivity index (χ3v) is 4.48. The van der Waals surface area contributed by atoms with Gasteiger partial charge in [-0.05, 0) is 37.7 Å². The van der Waals surface area contributed by atoms with Crippen molar-refractivity contribution >= 4 is 15.7 Å². The second-order valence-corrected chi connectivity index (χ2v) is 6.23. The third-order valence-electron chi connectivity index (χ3n) is 3.12. The van der Waals surface area contributed by atoms with Crippen molar-refractivity contribution in [2.24, 2.45) is 0 Å². The molecule has 21 heavy (non-hydrogen) atoms. The van der Waals surface area contributed by atoms with Crippen LogP contribution < -0.4 is 10.0 Å². The van der Waals surface area contributed by atoms with Gasteiger partial charge in [0.25, 0.3) is 10.0 Å². The maximum Gasteiger partial charge on any atom is 0.261 e. The van der Waals surface area contributed by atoms with Crippen molar-refractivity contribution in [2.75, 3.05) is 11.8 Å². The molecule has 0 fully saturated rings. The van der Waals surface area contributed by atoms with E-state index in [1.165, 1.54) is 18.3 Å². The summed E-state index contributed by atoms with van der Waals surface area (Å²) in [5.41, 5.74) is 0.702. The highest BCUT2D eigenvalue weighted by atomic mass is 32.2. The van der Waals surface area contributed by atoms with E-state index in [1.54, 1.807) is 19.2 Å². The second kappa shape index (κ2) is 6.19. The minimum atomic E-state index is -3.85. The van der Waals surface area contributed by atoms with Crippen molar-refractivity contribution in [1.29, 1.82) is 0 Å². The number of sulfonamides is 1. The molecular formula is C14H16FN3O2S. The summed E-state index contributed by atoms with van der Waals surface area (Å²) in [6.45, 7) is 1.92. The molecule has 5 nitrogen and oxygen atoms in total. The van der Waals surface area contributed by atoms with Gasteiger partial charge in [-0.2, -0.15) is 0 Å². The number of anilines is 1. The van der Waals surface area contributed by atoms with Crippen molar-refractivity contribution in [3.05, 3.63) is 54.1 Å². The summed E-state index contributed by atoms with van der Waals surface area (Å²) < 4.78 is 40.3. The van der Waals surface area contributed by atoms with Crippen LogP contribution in [0.15, 0.2) is 47.6 Å². The second-order valence-electron chi connectivity index (χ2n) is 4.54. The Hall–Kier alpha value is -1.99. The average Bonchev–Trinajstić information content (AvgIpc) is 2.49. The molecule has 7 heteroatoms.